The van der Waals surface area contributed by atoms with Gasteiger partial charge in [-0.1, -0.05) is 24.3 Å². The Morgan fingerprint density at radius 2 is 1.88 bits per heavy atom. The molecule has 0 saturated heterocycles. The van der Waals surface area contributed by atoms with Crippen molar-refractivity contribution in [2.75, 3.05) is 5.32 Å². The van der Waals surface area contributed by atoms with Gasteiger partial charge in [-0.25, -0.2) is 5.43 Å². The van der Waals surface area contributed by atoms with E-state index in [0.717, 1.165) is 16.5 Å². The molecule has 0 radical (unpaired) electrons. The average molecular weight is 525 g/mol. The SMILES string of the molecule is Cc1c(C(=O)Nc2ccccc2Br)oc2c1/C(=N/NC(=O)Cc1ccc([N+](=O)[O-])cc1)CCC2. The Bertz CT molecular complexity index is 1300. The summed E-state index contributed by atoms with van der Waals surface area (Å²) >= 11 is 3.42. The summed E-state index contributed by atoms with van der Waals surface area (Å²) in [7, 11) is 0. The molecule has 9 nitrogen and oxygen atoms in total. The average Bonchev–Trinajstić information content (AvgIpc) is 3.17. The number of para-hydroxylation sites is 1. The van der Waals surface area contributed by atoms with Gasteiger partial charge in [0, 0.05) is 34.2 Å². The number of anilines is 1. The van der Waals surface area contributed by atoms with Crippen LogP contribution in [0.2, 0.25) is 0 Å². The van der Waals surface area contributed by atoms with E-state index in [1.54, 1.807) is 25.1 Å². The molecule has 10 heteroatoms. The summed E-state index contributed by atoms with van der Waals surface area (Å²) in [5.41, 5.74) is 5.87. The number of non-ortho nitro benzene ring substituents is 1. The highest BCUT2D eigenvalue weighted by Crippen LogP contribution is 2.31. The van der Waals surface area contributed by atoms with Crippen LogP contribution in [-0.2, 0) is 17.6 Å². The predicted octanol–water partition coefficient (Wildman–Crippen LogP) is 4.91. The molecule has 0 atom stereocenters. The van der Waals surface area contributed by atoms with Gasteiger partial charge in [0.2, 0.25) is 5.91 Å². The third-order valence-electron chi connectivity index (χ3n) is 5.48. The molecular weight excluding hydrogens is 504 g/mol. The minimum atomic E-state index is -0.489. The summed E-state index contributed by atoms with van der Waals surface area (Å²) in [5.74, 6) is 0.179. The molecule has 4 rings (SSSR count). The zero-order chi connectivity index (χ0) is 24.2. The van der Waals surface area contributed by atoms with Gasteiger partial charge in [-0.15, -0.1) is 0 Å². The Morgan fingerprint density at radius 3 is 2.59 bits per heavy atom. The fourth-order valence-electron chi connectivity index (χ4n) is 3.83. The van der Waals surface area contributed by atoms with Crippen molar-refractivity contribution in [3.05, 3.63) is 91.3 Å². The summed E-state index contributed by atoms with van der Waals surface area (Å²) in [4.78, 5) is 35.5. The number of carbonyl (C=O) groups excluding carboxylic acids is 2. The summed E-state index contributed by atoms with van der Waals surface area (Å²) in [6, 6.07) is 13.1. The zero-order valence-corrected chi connectivity index (χ0v) is 19.8. The molecule has 0 aliphatic heterocycles. The molecule has 0 spiro atoms. The molecule has 34 heavy (non-hydrogen) atoms. The normalized spacial score (nSPS) is 13.9. The fourth-order valence-corrected chi connectivity index (χ4v) is 4.21. The number of halogens is 1. The Morgan fingerprint density at radius 1 is 1.15 bits per heavy atom. The van der Waals surface area contributed by atoms with Gasteiger partial charge in [-0.2, -0.15) is 5.10 Å². The minimum Gasteiger partial charge on any atom is -0.455 e. The third-order valence-corrected chi connectivity index (χ3v) is 6.17. The second kappa shape index (κ2) is 10.0. The molecular formula is C24H21BrN4O5. The van der Waals surface area contributed by atoms with Gasteiger partial charge in [0.05, 0.1) is 22.7 Å². The lowest BCUT2D eigenvalue weighted by Gasteiger charge is -2.13. The molecule has 0 fully saturated rings. The van der Waals surface area contributed by atoms with Crippen LogP contribution in [0.15, 0.2) is 62.5 Å². The van der Waals surface area contributed by atoms with Crippen molar-refractivity contribution in [1.29, 1.82) is 0 Å². The number of nitrogens with zero attached hydrogens (tertiary/aromatic N) is 2. The fraction of sp³-hybridized carbons (Fsp3) is 0.208. The van der Waals surface area contributed by atoms with Crippen molar-refractivity contribution in [2.45, 2.75) is 32.6 Å². The van der Waals surface area contributed by atoms with Crippen molar-refractivity contribution >= 4 is 44.8 Å². The van der Waals surface area contributed by atoms with Gasteiger partial charge in [-0.05, 0) is 53.4 Å². The van der Waals surface area contributed by atoms with E-state index in [4.69, 9.17) is 4.42 Å². The van der Waals surface area contributed by atoms with Crippen molar-refractivity contribution in [1.82, 2.24) is 5.43 Å². The highest BCUT2D eigenvalue weighted by atomic mass is 79.9. The number of rotatable bonds is 6. The maximum atomic E-state index is 12.9. The lowest BCUT2D eigenvalue weighted by molar-refractivity contribution is -0.384. The molecule has 0 saturated carbocycles. The van der Waals surface area contributed by atoms with Crippen LogP contribution in [0.4, 0.5) is 11.4 Å². The Hall–Kier alpha value is -3.79. The minimum absolute atomic E-state index is 0.0333. The summed E-state index contributed by atoms with van der Waals surface area (Å²) < 4.78 is 6.66. The number of hydrogen-bond acceptors (Lipinski definition) is 6. The molecule has 1 heterocycles. The molecule has 2 N–H and O–H groups in total. The van der Waals surface area contributed by atoms with Gasteiger partial charge >= 0.3 is 0 Å². The first-order chi connectivity index (χ1) is 16.3. The van der Waals surface area contributed by atoms with Crippen LogP contribution in [0.5, 0.6) is 0 Å². The van der Waals surface area contributed by atoms with E-state index in [1.807, 2.05) is 18.2 Å². The number of amides is 2. The number of hydrogen-bond donors (Lipinski definition) is 2. The first-order valence-corrected chi connectivity index (χ1v) is 11.4. The highest BCUT2D eigenvalue weighted by molar-refractivity contribution is 9.10. The Kier molecular flexibility index (Phi) is 6.87. The van der Waals surface area contributed by atoms with Crippen LogP contribution < -0.4 is 10.7 Å². The van der Waals surface area contributed by atoms with E-state index in [-0.39, 0.29) is 29.7 Å². The summed E-state index contributed by atoms with van der Waals surface area (Å²) in [6.07, 6.45) is 2.12. The quantitative estimate of drug-likeness (QED) is 0.349. The van der Waals surface area contributed by atoms with Crippen molar-refractivity contribution in [3.63, 3.8) is 0 Å². The molecule has 1 aromatic heterocycles. The van der Waals surface area contributed by atoms with Crippen LogP contribution in [0.25, 0.3) is 0 Å². The summed E-state index contributed by atoms with van der Waals surface area (Å²) in [6.45, 7) is 1.80. The van der Waals surface area contributed by atoms with Gasteiger partial charge < -0.3 is 9.73 Å². The summed E-state index contributed by atoms with van der Waals surface area (Å²) in [5, 5.41) is 17.9. The Balaban J connectivity index is 1.48. The molecule has 1 aliphatic carbocycles. The molecule has 174 valence electrons. The number of nitro benzene ring substituents is 1. The van der Waals surface area contributed by atoms with E-state index < -0.39 is 4.92 Å². The maximum Gasteiger partial charge on any atom is 0.291 e. The van der Waals surface area contributed by atoms with Gasteiger partial charge in [0.1, 0.15) is 5.76 Å². The number of benzene rings is 2. The van der Waals surface area contributed by atoms with E-state index in [0.29, 0.717) is 41.1 Å². The monoisotopic (exact) mass is 524 g/mol. The van der Waals surface area contributed by atoms with Gasteiger partial charge in [-0.3, -0.25) is 19.7 Å². The number of furan rings is 1. The van der Waals surface area contributed by atoms with E-state index in [1.165, 1.54) is 12.1 Å². The van der Waals surface area contributed by atoms with E-state index in [2.05, 4.69) is 31.8 Å². The topological polar surface area (TPSA) is 127 Å². The van der Waals surface area contributed by atoms with Crippen molar-refractivity contribution in [3.8, 4) is 0 Å². The molecule has 0 bridgehead atoms. The van der Waals surface area contributed by atoms with E-state index in [9.17, 15) is 19.7 Å². The lowest BCUT2D eigenvalue weighted by atomic mass is 9.93. The lowest BCUT2D eigenvalue weighted by Crippen LogP contribution is -2.23. The smallest absolute Gasteiger partial charge is 0.291 e. The first kappa shape index (κ1) is 23.4. The van der Waals surface area contributed by atoms with Crippen LogP contribution in [0, 0.1) is 17.0 Å². The van der Waals surface area contributed by atoms with Gasteiger partial charge in [0.15, 0.2) is 5.76 Å². The maximum absolute atomic E-state index is 12.9. The molecule has 0 unspecified atom stereocenters. The second-order valence-corrected chi connectivity index (χ2v) is 8.69. The van der Waals surface area contributed by atoms with Crippen LogP contribution >= 0.6 is 15.9 Å². The molecule has 1 aliphatic rings. The molecule has 3 aromatic rings. The predicted molar refractivity (Wildman–Crippen MR) is 130 cm³/mol. The number of nitrogens with one attached hydrogen (secondary N) is 2. The third kappa shape index (κ3) is 5.07. The second-order valence-electron chi connectivity index (χ2n) is 7.84. The number of hydrazone groups is 1. The largest absolute Gasteiger partial charge is 0.455 e. The zero-order valence-electron chi connectivity index (χ0n) is 18.3. The number of aryl methyl sites for hydroxylation is 1. The van der Waals surface area contributed by atoms with Gasteiger partial charge in [0.25, 0.3) is 11.6 Å². The van der Waals surface area contributed by atoms with Crippen LogP contribution in [-0.4, -0.2) is 22.4 Å². The van der Waals surface area contributed by atoms with Crippen LogP contribution in [0.1, 0.15) is 45.8 Å². The highest BCUT2D eigenvalue weighted by Gasteiger charge is 2.28. The van der Waals surface area contributed by atoms with Crippen molar-refractivity contribution < 1.29 is 18.9 Å². The number of nitro groups is 1. The number of fused-ring (bicyclic) bond motifs is 1. The van der Waals surface area contributed by atoms with E-state index >= 15 is 0 Å². The standard InChI is InChI=1S/C24H21BrN4O5/c1-14-22-19(27-28-21(30)13-15-9-11-16(12-10-15)29(32)33)7-4-8-20(22)34-23(14)24(31)26-18-6-3-2-5-17(18)25/h2-3,5-6,9-12H,4,7-8,13H2,1H3,(H,26,31)(H,28,30)/b27-19+. The number of carbonyl (C=O) groups is 2. The molecule has 2 aromatic carbocycles. The van der Waals surface area contributed by atoms with Crippen LogP contribution in [0.3, 0.4) is 0 Å². The molecule has 2 amide bonds. The Labute approximate surface area is 203 Å². The first-order valence-electron chi connectivity index (χ1n) is 10.6. The van der Waals surface area contributed by atoms with Crippen molar-refractivity contribution in [2.24, 2.45) is 5.10 Å².